The highest BCUT2D eigenvalue weighted by atomic mass is 32.2. The number of imide groups is 1. The summed E-state index contributed by atoms with van der Waals surface area (Å²) in [5.41, 5.74) is 2.20. The van der Waals surface area contributed by atoms with Gasteiger partial charge >= 0.3 is 5.97 Å². The van der Waals surface area contributed by atoms with Crippen LogP contribution < -0.4 is 9.64 Å². The molecule has 27 heavy (non-hydrogen) atoms. The molecule has 2 aromatic rings. The van der Waals surface area contributed by atoms with E-state index in [1.807, 2.05) is 13.0 Å². The summed E-state index contributed by atoms with van der Waals surface area (Å²) in [6.07, 6.45) is 1.53. The van der Waals surface area contributed by atoms with Crippen molar-refractivity contribution in [2.75, 3.05) is 11.5 Å². The number of ether oxygens (including phenoxy) is 1. The molecule has 1 aliphatic rings. The van der Waals surface area contributed by atoms with Crippen LogP contribution in [0, 0.1) is 6.92 Å². The van der Waals surface area contributed by atoms with Gasteiger partial charge in [0.2, 0.25) is 0 Å². The van der Waals surface area contributed by atoms with Crippen molar-refractivity contribution in [2.24, 2.45) is 0 Å². The van der Waals surface area contributed by atoms with Crippen LogP contribution in [-0.2, 0) is 9.59 Å². The maximum atomic E-state index is 12.7. The third-order valence-electron chi connectivity index (χ3n) is 3.79. The van der Waals surface area contributed by atoms with E-state index in [-0.39, 0.29) is 24.2 Å². The summed E-state index contributed by atoms with van der Waals surface area (Å²) < 4.78 is 5.39. The van der Waals surface area contributed by atoms with Gasteiger partial charge in [0.05, 0.1) is 23.6 Å². The number of carbonyl (C=O) groups is 3. The quantitative estimate of drug-likeness (QED) is 0.757. The number of carboxylic acids is 1. The summed E-state index contributed by atoms with van der Waals surface area (Å²) in [5.74, 6) is -0.799. The lowest BCUT2D eigenvalue weighted by molar-refractivity contribution is -0.137. The minimum Gasteiger partial charge on any atom is -0.493 e. The first kappa shape index (κ1) is 18.7. The molecule has 0 atom stereocenters. The summed E-state index contributed by atoms with van der Waals surface area (Å²) in [5, 5.41) is 8.32. The number of benzene rings is 2. The van der Waals surface area contributed by atoms with Gasteiger partial charge in [-0.05, 0) is 60.2 Å². The van der Waals surface area contributed by atoms with E-state index in [1.54, 1.807) is 48.5 Å². The second kappa shape index (κ2) is 8.09. The topological polar surface area (TPSA) is 83.9 Å². The van der Waals surface area contributed by atoms with Crippen LogP contribution in [0.2, 0.25) is 0 Å². The molecule has 0 aromatic heterocycles. The van der Waals surface area contributed by atoms with Gasteiger partial charge in [-0.1, -0.05) is 24.3 Å². The monoisotopic (exact) mass is 383 g/mol. The van der Waals surface area contributed by atoms with Crippen LogP contribution in [0.15, 0.2) is 53.4 Å². The second-order valence-corrected chi connectivity index (χ2v) is 6.91. The van der Waals surface area contributed by atoms with Gasteiger partial charge in [-0.15, -0.1) is 0 Å². The van der Waals surface area contributed by atoms with Gasteiger partial charge in [0, 0.05) is 0 Å². The molecule has 2 aromatic carbocycles. The molecule has 0 spiro atoms. The van der Waals surface area contributed by atoms with Crippen molar-refractivity contribution in [3.63, 3.8) is 0 Å². The van der Waals surface area contributed by atoms with Crippen molar-refractivity contribution in [2.45, 2.75) is 13.3 Å². The normalized spacial score (nSPS) is 15.4. The van der Waals surface area contributed by atoms with Crippen LogP contribution in [0.25, 0.3) is 6.08 Å². The van der Waals surface area contributed by atoms with Crippen LogP contribution in [0.5, 0.6) is 5.75 Å². The highest BCUT2D eigenvalue weighted by Gasteiger charge is 2.36. The number of nitrogens with zero attached hydrogens (tertiary/aromatic N) is 1. The van der Waals surface area contributed by atoms with Gasteiger partial charge in [0.25, 0.3) is 11.1 Å². The Morgan fingerprint density at radius 1 is 1.19 bits per heavy atom. The first-order chi connectivity index (χ1) is 12.9. The first-order valence-corrected chi connectivity index (χ1v) is 9.05. The second-order valence-electron chi connectivity index (χ2n) is 5.92. The molecule has 0 unspecified atom stereocenters. The lowest BCUT2D eigenvalue weighted by atomic mass is 10.2. The zero-order valence-corrected chi connectivity index (χ0v) is 15.4. The van der Waals surface area contributed by atoms with Gasteiger partial charge in [-0.25, -0.2) is 4.90 Å². The highest BCUT2D eigenvalue weighted by molar-refractivity contribution is 8.19. The number of amides is 2. The average Bonchev–Trinajstić information content (AvgIpc) is 2.88. The Bertz CT molecular complexity index is 937. The number of thioether (sulfide) groups is 1. The minimum absolute atomic E-state index is 0.0582. The number of aliphatic carboxylic acids is 1. The fourth-order valence-electron chi connectivity index (χ4n) is 2.56. The maximum absolute atomic E-state index is 12.7. The molecule has 138 valence electrons. The molecule has 3 rings (SSSR count). The number of anilines is 1. The van der Waals surface area contributed by atoms with E-state index in [9.17, 15) is 14.4 Å². The van der Waals surface area contributed by atoms with Gasteiger partial charge in [-0.3, -0.25) is 14.4 Å². The molecule has 1 saturated heterocycles. The predicted molar refractivity (Wildman–Crippen MR) is 104 cm³/mol. The Hall–Kier alpha value is -3.06. The molecule has 0 saturated carbocycles. The smallest absolute Gasteiger partial charge is 0.306 e. The number of aryl methyl sites for hydroxylation is 1. The molecule has 0 aliphatic carbocycles. The summed E-state index contributed by atoms with van der Waals surface area (Å²) in [4.78, 5) is 37.0. The van der Waals surface area contributed by atoms with E-state index in [2.05, 4.69) is 0 Å². The summed E-state index contributed by atoms with van der Waals surface area (Å²) in [6, 6.07) is 14.1. The average molecular weight is 383 g/mol. The zero-order chi connectivity index (χ0) is 19.4. The summed E-state index contributed by atoms with van der Waals surface area (Å²) in [7, 11) is 0. The lowest BCUT2D eigenvalue weighted by Gasteiger charge is -2.12. The van der Waals surface area contributed by atoms with Gasteiger partial charge in [-0.2, -0.15) is 0 Å². The Balaban J connectivity index is 1.78. The van der Waals surface area contributed by atoms with E-state index in [0.717, 1.165) is 22.2 Å². The Labute approximate surface area is 160 Å². The van der Waals surface area contributed by atoms with Gasteiger partial charge in [0.1, 0.15) is 5.75 Å². The van der Waals surface area contributed by atoms with E-state index in [4.69, 9.17) is 9.84 Å². The number of carbonyl (C=O) groups excluding carboxylic acids is 2. The molecule has 6 nitrogen and oxygen atoms in total. The van der Waals surface area contributed by atoms with E-state index in [1.165, 1.54) is 0 Å². The van der Waals surface area contributed by atoms with Crippen molar-refractivity contribution in [1.82, 2.24) is 0 Å². The zero-order valence-electron chi connectivity index (χ0n) is 14.5. The molecule has 7 heteroatoms. The molecule has 1 fully saturated rings. The third kappa shape index (κ3) is 4.57. The largest absolute Gasteiger partial charge is 0.493 e. The highest BCUT2D eigenvalue weighted by Crippen LogP contribution is 2.36. The summed E-state index contributed by atoms with van der Waals surface area (Å²) >= 11 is 0.885. The van der Waals surface area contributed by atoms with Gasteiger partial charge < -0.3 is 9.84 Å². The number of hydrogen-bond acceptors (Lipinski definition) is 5. The van der Waals surface area contributed by atoms with E-state index < -0.39 is 5.97 Å². The molecular weight excluding hydrogens is 366 g/mol. The Morgan fingerprint density at radius 3 is 2.70 bits per heavy atom. The standard InChI is InChI=1S/C20H17NO5S/c1-13-4-2-6-15(10-13)21-19(24)17(27-20(21)25)12-14-5-3-7-16(11-14)26-9-8-18(22)23/h2-7,10-12H,8-9H2,1H3,(H,22,23)/b17-12+. The fourth-order valence-corrected chi connectivity index (χ4v) is 3.40. The van der Waals surface area contributed by atoms with Crippen molar-refractivity contribution >= 4 is 40.6 Å². The molecule has 1 N–H and O–H groups in total. The lowest BCUT2D eigenvalue weighted by Crippen LogP contribution is -2.27. The summed E-state index contributed by atoms with van der Waals surface area (Å²) in [6.45, 7) is 1.96. The Kier molecular flexibility index (Phi) is 5.61. The van der Waals surface area contributed by atoms with Crippen LogP contribution in [-0.4, -0.2) is 28.8 Å². The van der Waals surface area contributed by atoms with Crippen LogP contribution in [0.1, 0.15) is 17.5 Å². The number of carboxylic acid groups (broad SMARTS) is 1. The van der Waals surface area contributed by atoms with Crippen molar-refractivity contribution in [3.8, 4) is 5.75 Å². The number of rotatable bonds is 6. The SMILES string of the molecule is Cc1cccc(N2C(=O)S/C(=C/c3cccc(OCCC(=O)O)c3)C2=O)c1. The van der Waals surface area contributed by atoms with Crippen LogP contribution in [0.3, 0.4) is 0 Å². The first-order valence-electron chi connectivity index (χ1n) is 8.23. The molecular formula is C20H17NO5S. The van der Waals surface area contributed by atoms with E-state index >= 15 is 0 Å². The van der Waals surface area contributed by atoms with E-state index in [0.29, 0.717) is 21.9 Å². The minimum atomic E-state index is -0.934. The maximum Gasteiger partial charge on any atom is 0.306 e. The molecule has 0 radical (unpaired) electrons. The molecule has 1 heterocycles. The number of hydrogen-bond donors (Lipinski definition) is 1. The van der Waals surface area contributed by atoms with Crippen molar-refractivity contribution in [1.29, 1.82) is 0 Å². The predicted octanol–water partition coefficient (Wildman–Crippen LogP) is 4.09. The molecule has 1 aliphatic heterocycles. The third-order valence-corrected chi connectivity index (χ3v) is 4.66. The van der Waals surface area contributed by atoms with Crippen molar-refractivity contribution in [3.05, 3.63) is 64.6 Å². The van der Waals surface area contributed by atoms with Crippen LogP contribution in [0.4, 0.5) is 10.5 Å². The molecule has 0 bridgehead atoms. The Morgan fingerprint density at radius 2 is 1.96 bits per heavy atom. The fraction of sp³-hybridized carbons (Fsp3) is 0.150. The van der Waals surface area contributed by atoms with Crippen LogP contribution >= 0.6 is 11.8 Å². The van der Waals surface area contributed by atoms with Crippen molar-refractivity contribution < 1.29 is 24.2 Å². The van der Waals surface area contributed by atoms with Gasteiger partial charge in [0.15, 0.2) is 0 Å². The molecule has 2 amide bonds.